The van der Waals surface area contributed by atoms with Crippen molar-refractivity contribution in [3.05, 3.63) is 29.8 Å². The highest BCUT2D eigenvalue weighted by Gasteiger charge is 2.40. The summed E-state index contributed by atoms with van der Waals surface area (Å²) in [4.78, 5) is 2.62. The largest absolute Gasteiger partial charge is 0.508 e. The van der Waals surface area contributed by atoms with Gasteiger partial charge in [0.1, 0.15) is 5.75 Å². The van der Waals surface area contributed by atoms with Crippen molar-refractivity contribution in [1.82, 2.24) is 4.90 Å². The zero-order valence-electron chi connectivity index (χ0n) is 12.3. The maximum Gasteiger partial charge on any atom is 0.115 e. The summed E-state index contributed by atoms with van der Waals surface area (Å²) in [5, 5.41) is 9.45. The van der Waals surface area contributed by atoms with Gasteiger partial charge in [-0.2, -0.15) is 0 Å². The van der Waals surface area contributed by atoms with E-state index in [9.17, 15) is 5.11 Å². The number of nitrogens with zero attached hydrogens (tertiary/aromatic N) is 1. The normalized spacial score (nSPS) is 32.0. The molecule has 1 saturated carbocycles. The van der Waals surface area contributed by atoms with Crippen LogP contribution in [0.3, 0.4) is 0 Å². The fourth-order valence-corrected chi connectivity index (χ4v) is 4.21. The summed E-state index contributed by atoms with van der Waals surface area (Å²) in [5.74, 6) is 1.83. The van der Waals surface area contributed by atoms with Gasteiger partial charge in [0.05, 0.1) is 0 Å². The molecule has 1 aliphatic carbocycles. The van der Waals surface area contributed by atoms with Crippen molar-refractivity contribution < 1.29 is 5.11 Å². The van der Waals surface area contributed by atoms with E-state index in [1.54, 1.807) is 12.1 Å². The van der Waals surface area contributed by atoms with Gasteiger partial charge in [-0.25, -0.2) is 0 Å². The van der Waals surface area contributed by atoms with Gasteiger partial charge in [0, 0.05) is 25.2 Å². The lowest BCUT2D eigenvalue weighted by molar-refractivity contribution is 0.225. The van der Waals surface area contributed by atoms with E-state index in [0.29, 0.717) is 23.8 Å². The summed E-state index contributed by atoms with van der Waals surface area (Å²) in [7, 11) is 0. The van der Waals surface area contributed by atoms with Gasteiger partial charge in [0.25, 0.3) is 0 Å². The van der Waals surface area contributed by atoms with Crippen LogP contribution < -0.4 is 5.73 Å². The Bertz CT molecular complexity index is 445. The minimum absolute atomic E-state index is 0.348. The standard InChI is InChI=1S/C17H26N2O/c1-2-17(12-6-8-14(20)9-7-12)19-10-13-4-3-5-16(18)15(13)11-19/h6-9,13,15-17,20H,2-5,10-11,18H2,1H3. The number of phenolic OH excluding ortho intramolecular Hbond substituents is 1. The molecule has 3 nitrogen and oxygen atoms in total. The number of nitrogens with two attached hydrogens (primary N) is 1. The quantitative estimate of drug-likeness (QED) is 0.891. The average Bonchev–Trinajstić information content (AvgIpc) is 2.87. The van der Waals surface area contributed by atoms with Gasteiger partial charge in [-0.1, -0.05) is 25.5 Å². The third-order valence-corrected chi connectivity index (χ3v) is 5.29. The number of hydrogen-bond donors (Lipinski definition) is 2. The van der Waals surface area contributed by atoms with E-state index >= 15 is 0 Å². The minimum Gasteiger partial charge on any atom is -0.508 e. The number of rotatable bonds is 3. The zero-order chi connectivity index (χ0) is 14.1. The topological polar surface area (TPSA) is 49.5 Å². The van der Waals surface area contributed by atoms with Gasteiger partial charge in [-0.15, -0.1) is 0 Å². The Hall–Kier alpha value is -1.06. The molecule has 1 heterocycles. The van der Waals surface area contributed by atoms with Crippen LogP contribution >= 0.6 is 0 Å². The van der Waals surface area contributed by atoms with Crippen LogP contribution in [0.2, 0.25) is 0 Å². The second-order valence-electron chi connectivity index (χ2n) is 6.49. The fourth-order valence-electron chi connectivity index (χ4n) is 4.21. The molecule has 3 N–H and O–H groups in total. The van der Waals surface area contributed by atoms with E-state index in [4.69, 9.17) is 5.73 Å². The first-order valence-electron chi connectivity index (χ1n) is 7.97. The lowest BCUT2D eigenvalue weighted by Crippen LogP contribution is -2.38. The van der Waals surface area contributed by atoms with Crippen molar-refractivity contribution in [2.24, 2.45) is 17.6 Å². The Morgan fingerprint density at radius 3 is 2.65 bits per heavy atom. The second kappa shape index (κ2) is 5.74. The van der Waals surface area contributed by atoms with E-state index < -0.39 is 0 Å². The Morgan fingerprint density at radius 1 is 1.25 bits per heavy atom. The van der Waals surface area contributed by atoms with Crippen molar-refractivity contribution in [2.45, 2.75) is 44.7 Å². The second-order valence-corrected chi connectivity index (χ2v) is 6.49. The van der Waals surface area contributed by atoms with Crippen molar-refractivity contribution in [3.63, 3.8) is 0 Å². The average molecular weight is 274 g/mol. The van der Waals surface area contributed by atoms with Crippen LogP contribution in [-0.2, 0) is 0 Å². The van der Waals surface area contributed by atoms with Crippen LogP contribution in [0.1, 0.15) is 44.2 Å². The molecule has 2 aliphatic rings. The predicted octanol–water partition coefficient (Wildman–Crippen LogP) is 2.90. The molecule has 3 rings (SSSR count). The minimum atomic E-state index is 0.348. The van der Waals surface area contributed by atoms with Gasteiger partial charge >= 0.3 is 0 Å². The molecular formula is C17H26N2O. The number of benzene rings is 1. The summed E-state index contributed by atoms with van der Waals surface area (Å²) in [6, 6.07) is 8.58. The molecule has 4 atom stereocenters. The summed E-state index contributed by atoms with van der Waals surface area (Å²) < 4.78 is 0. The molecule has 1 aromatic rings. The summed E-state index contributed by atoms with van der Waals surface area (Å²) in [5.41, 5.74) is 7.64. The lowest BCUT2D eigenvalue weighted by Gasteiger charge is -2.30. The monoisotopic (exact) mass is 274 g/mol. The molecule has 2 fully saturated rings. The molecule has 0 amide bonds. The molecule has 3 heteroatoms. The zero-order valence-corrected chi connectivity index (χ0v) is 12.3. The first-order valence-corrected chi connectivity index (χ1v) is 7.97. The lowest BCUT2D eigenvalue weighted by atomic mass is 9.78. The third kappa shape index (κ3) is 2.57. The summed E-state index contributed by atoms with van der Waals surface area (Å²) in [6.45, 7) is 4.59. The van der Waals surface area contributed by atoms with E-state index in [1.807, 2.05) is 0 Å². The van der Waals surface area contributed by atoms with Crippen molar-refractivity contribution >= 4 is 0 Å². The first kappa shape index (κ1) is 13.9. The Balaban J connectivity index is 1.75. The van der Waals surface area contributed by atoms with E-state index in [1.165, 1.54) is 31.4 Å². The molecule has 0 radical (unpaired) electrons. The number of fused-ring (bicyclic) bond motifs is 1. The first-order chi connectivity index (χ1) is 9.69. The van der Waals surface area contributed by atoms with E-state index in [2.05, 4.69) is 24.0 Å². The maximum atomic E-state index is 9.45. The van der Waals surface area contributed by atoms with Gasteiger partial charge in [-0.3, -0.25) is 4.90 Å². The third-order valence-electron chi connectivity index (χ3n) is 5.29. The van der Waals surface area contributed by atoms with Crippen molar-refractivity contribution in [1.29, 1.82) is 0 Å². The summed E-state index contributed by atoms with van der Waals surface area (Å²) >= 11 is 0. The summed E-state index contributed by atoms with van der Waals surface area (Å²) in [6.07, 6.45) is 4.96. The molecule has 1 aliphatic heterocycles. The molecule has 0 aromatic heterocycles. The van der Waals surface area contributed by atoms with Gasteiger partial charge < -0.3 is 10.8 Å². The number of hydrogen-bond acceptors (Lipinski definition) is 3. The van der Waals surface area contributed by atoms with Crippen LogP contribution in [0.5, 0.6) is 5.75 Å². The van der Waals surface area contributed by atoms with Crippen molar-refractivity contribution in [2.75, 3.05) is 13.1 Å². The molecule has 0 spiro atoms. The van der Waals surface area contributed by atoms with Gasteiger partial charge in [0.2, 0.25) is 0 Å². The smallest absolute Gasteiger partial charge is 0.115 e. The van der Waals surface area contributed by atoms with Gasteiger partial charge in [0.15, 0.2) is 0 Å². The molecule has 1 aromatic carbocycles. The molecule has 0 bridgehead atoms. The molecule has 20 heavy (non-hydrogen) atoms. The van der Waals surface area contributed by atoms with Crippen LogP contribution in [0, 0.1) is 11.8 Å². The molecule has 110 valence electrons. The highest BCUT2D eigenvalue weighted by molar-refractivity contribution is 5.28. The SMILES string of the molecule is CCC(c1ccc(O)cc1)N1CC2CCCC(N)C2C1. The Labute approximate surface area is 121 Å². The van der Waals surface area contributed by atoms with Crippen molar-refractivity contribution in [3.8, 4) is 5.75 Å². The Morgan fingerprint density at radius 2 is 2.00 bits per heavy atom. The molecule has 1 saturated heterocycles. The maximum absolute atomic E-state index is 9.45. The molecular weight excluding hydrogens is 248 g/mol. The number of aromatic hydroxyl groups is 1. The van der Waals surface area contributed by atoms with Crippen LogP contribution in [-0.4, -0.2) is 29.1 Å². The van der Waals surface area contributed by atoms with Gasteiger partial charge in [-0.05, 0) is 48.8 Å². The van der Waals surface area contributed by atoms with E-state index in [-0.39, 0.29) is 0 Å². The van der Waals surface area contributed by atoms with E-state index in [0.717, 1.165) is 18.9 Å². The van der Waals surface area contributed by atoms with Crippen LogP contribution in [0.15, 0.2) is 24.3 Å². The number of likely N-dealkylation sites (tertiary alicyclic amines) is 1. The number of phenols is 1. The highest BCUT2D eigenvalue weighted by Crippen LogP contribution is 2.40. The molecule has 4 unspecified atom stereocenters. The highest BCUT2D eigenvalue weighted by atomic mass is 16.3. The van der Waals surface area contributed by atoms with Crippen LogP contribution in [0.25, 0.3) is 0 Å². The van der Waals surface area contributed by atoms with Crippen LogP contribution in [0.4, 0.5) is 0 Å². The Kier molecular flexibility index (Phi) is 3.99. The predicted molar refractivity (Wildman–Crippen MR) is 81.5 cm³/mol. The fraction of sp³-hybridized carbons (Fsp3) is 0.647.